The van der Waals surface area contributed by atoms with E-state index in [4.69, 9.17) is 11.6 Å². The molecule has 1 amide bonds. The zero-order valence-electron chi connectivity index (χ0n) is 10.1. The van der Waals surface area contributed by atoms with E-state index in [2.05, 4.69) is 15.3 Å². The Morgan fingerprint density at radius 1 is 1.40 bits per heavy atom. The van der Waals surface area contributed by atoms with Gasteiger partial charge in [-0.2, -0.15) is 0 Å². The third-order valence-electron chi connectivity index (χ3n) is 2.48. The minimum absolute atomic E-state index is 0.0117. The Labute approximate surface area is 118 Å². The molecule has 1 heterocycles. The molecule has 1 aromatic heterocycles. The number of aromatic nitrogens is 2. The van der Waals surface area contributed by atoms with Gasteiger partial charge in [0.25, 0.3) is 11.6 Å². The predicted octanol–water partition coefficient (Wildman–Crippen LogP) is 1.97. The van der Waals surface area contributed by atoms with Crippen molar-refractivity contribution in [2.45, 2.75) is 6.54 Å². The van der Waals surface area contributed by atoms with Crippen LogP contribution < -0.4 is 5.32 Å². The molecule has 0 spiro atoms. The summed E-state index contributed by atoms with van der Waals surface area (Å²) in [5.41, 5.74) is 0.494. The second-order valence-corrected chi connectivity index (χ2v) is 4.21. The van der Waals surface area contributed by atoms with E-state index in [1.165, 1.54) is 18.5 Å². The lowest BCUT2D eigenvalue weighted by Crippen LogP contribution is -2.23. The minimum Gasteiger partial charge on any atom is -0.346 e. The van der Waals surface area contributed by atoms with E-state index < -0.39 is 10.8 Å². The van der Waals surface area contributed by atoms with Gasteiger partial charge >= 0.3 is 0 Å². The van der Waals surface area contributed by atoms with E-state index in [9.17, 15) is 14.9 Å². The number of nitro benzene ring substituents is 1. The first-order valence-corrected chi connectivity index (χ1v) is 5.93. The fourth-order valence-electron chi connectivity index (χ4n) is 1.49. The van der Waals surface area contributed by atoms with Crippen molar-refractivity contribution in [2.24, 2.45) is 0 Å². The second-order valence-electron chi connectivity index (χ2n) is 3.81. The van der Waals surface area contributed by atoms with Gasteiger partial charge in [-0.15, -0.1) is 0 Å². The third-order valence-corrected chi connectivity index (χ3v) is 2.80. The summed E-state index contributed by atoms with van der Waals surface area (Å²) in [6.07, 6.45) is 2.93. The summed E-state index contributed by atoms with van der Waals surface area (Å²) in [5, 5.41) is 13.3. The Hall–Kier alpha value is -2.54. The van der Waals surface area contributed by atoms with Gasteiger partial charge in [0, 0.05) is 17.8 Å². The van der Waals surface area contributed by atoms with Crippen LogP contribution in [-0.4, -0.2) is 20.8 Å². The molecule has 0 fully saturated rings. The molecule has 0 aliphatic carbocycles. The molecule has 8 heteroatoms. The third kappa shape index (κ3) is 3.27. The number of nitro groups is 1. The van der Waals surface area contributed by atoms with Crippen LogP contribution in [0.2, 0.25) is 5.02 Å². The summed E-state index contributed by atoms with van der Waals surface area (Å²) in [5.74, 6) is -0.441. The summed E-state index contributed by atoms with van der Waals surface area (Å²) < 4.78 is 0. The molecule has 2 rings (SSSR count). The summed E-state index contributed by atoms with van der Waals surface area (Å²) in [6, 6.07) is 5.53. The molecule has 0 bridgehead atoms. The molecule has 1 N–H and O–H groups in total. The monoisotopic (exact) mass is 292 g/mol. The summed E-state index contributed by atoms with van der Waals surface area (Å²) in [6.45, 7) is 0.206. The van der Waals surface area contributed by atoms with Crippen LogP contribution in [0, 0.1) is 10.1 Å². The molecule has 0 aliphatic heterocycles. The maximum atomic E-state index is 11.9. The second kappa shape index (κ2) is 6.07. The van der Waals surface area contributed by atoms with E-state index >= 15 is 0 Å². The van der Waals surface area contributed by atoms with Crippen molar-refractivity contribution in [3.05, 3.63) is 63.2 Å². The lowest BCUT2D eigenvalue weighted by molar-refractivity contribution is -0.384. The fraction of sp³-hybridized carbons (Fsp3) is 0.0833. The topological polar surface area (TPSA) is 98.0 Å². The summed E-state index contributed by atoms with van der Waals surface area (Å²) in [7, 11) is 0. The average molecular weight is 293 g/mol. The highest BCUT2D eigenvalue weighted by molar-refractivity contribution is 6.32. The highest BCUT2D eigenvalue weighted by Crippen LogP contribution is 2.24. The van der Waals surface area contributed by atoms with E-state index in [0.717, 1.165) is 6.07 Å². The molecule has 102 valence electrons. The van der Waals surface area contributed by atoms with E-state index in [-0.39, 0.29) is 22.8 Å². The molecular formula is C12H9ClN4O3. The maximum absolute atomic E-state index is 11.9. The highest BCUT2D eigenvalue weighted by atomic mass is 35.5. The standard InChI is InChI=1S/C12H9ClN4O3/c13-10-2-1-8(5-11(10)17(19)20)12(18)15-6-9-3-4-14-7-16-9/h1-5,7H,6H2,(H,15,18). The molecular weight excluding hydrogens is 284 g/mol. The van der Waals surface area contributed by atoms with Crippen LogP contribution in [0.5, 0.6) is 0 Å². The number of carbonyl (C=O) groups excluding carboxylic acids is 1. The molecule has 0 radical (unpaired) electrons. The van der Waals surface area contributed by atoms with Gasteiger partial charge in [-0.05, 0) is 18.2 Å². The van der Waals surface area contributed by atoms with Crippen LogP contribution in [-0.2, 0) is 6.54 Å². The lowest BCUT2D eigenvalue weighted by atomic mass is 10.2. The Bertz CT molecular complexity index is 648. The first-order chi connectivity index (χ1) is 9.58. The van der Waals surface area contributed by atoms with Gasteiger partial charge in [0.1, 0.15) is 11.3 Å². The van der Waals surface area contributed by atoms with Gasteiger partial charge in [-0.3, -0.25) is 14.9 Å². The van der Waals surface area contributed by atoms with Crippen LogP contribution in [0.15, 0.2) is 36.8 Å². The van der Waals surface area contributed by atoms with Crippen molar-refractivity contribution in [3.8, 4) is 0 Å². The van der Waals surface area contributed by atoms with Crippen molar-refractivity contribution < 1.29 is 9.72 Å². The molecule has 20 heavy (non-hydrogen) atoms. The van der Waals surface area contributed by atoms with Crippen molar-refractivity contribution in [1.29, 1.82) is 0 Å². The number of amides is 1. The number of carbonyl (C=O) groups is 1. The van der Waals surface area contributed by atoms with Gasteiger partial charge in [-0.25, -0.2) is 9.97 Å². The number of halogens is 1. The van der Waals surface area contributed by atoms with Crippen LogP contribution >= 0.6 is 11.6 Å². The van der Waals surface area contributed by atoms with Gasteiger partial charge in [0.15, 0.2) is 0 Å². The van der Waals surface area contributed by atoms with Crippen molar-refractivity contribution in [2.75, 3.05) is 0 Å². The van der Waals surface area contributed by atoms with Gasteiger partial charge in [0.2, 0.25) is 0 Å². The van der Waals surface area contributed by atoms with Gasteiger partial charge in [-0.1, -0.05) is 11.6 Å². The SMILES string of the molecule is O=C(NCc1ccncn1)c1ccc(Cl)c([N+](=O)[O-])c1. The van der Waals surface area contributed by atoms with E-state index in [1.807, 2.05) is 0 Å². The molecule has 0 saturated heterocycles. The first-order valence-electron chi connectivity index (χ1n) is 5.55. The van der Waals surface area contributed by atoms with Crippen molar-refractivity contribution in [3.63, 3.8) is 0 Å². The number of rotatable bonds is 4. The van der Waals surface area contributed by atoms with Crippen LogP contribution in [0.4, 0.5) is 5.69 Å². The lowest BCUT2D eigenvalue weighted by Gasteiger charge is -2.05. The van der Waals surface area contributed by atoms with Crippen molar-refractivity contribution >= 4 is 23.2 Å². The molecule has 0 atom stereocenters. The Morgan fingerprint density at radius 2 is 2.20 bits per heavy atom. The van der Waals surface area contributed by atoms with Crippen molar-refractivity contribution in [1.82, 2.24) is 15.3 Å². The Morgan fingerprint density at radius 3 is 2.85 bits per heavy atom. The Kier molecular flexibility index (Phi) is 4.21. The Balaban J connectivity index is 2.10. The smallest absolute Gasteiger partial charge is 0.288 e. The predicted molar refractivity (Wildman–Crippen MR) is 71.3 cm³/mol. The minimum atomic E-state index is -0.635. The quantitative estimate of drug-likeness (QED) is 0.686. The first kappa shape index (κ1) is 13.9. The largest absolute Gasteiger partial charge is 0.346 e. The van der Waals surface area contributed by atoms with Crippen LogP contribution in [0.3, 0.4) is 0 Å². The molecule has 0 aliphatic rings. The molecule has 0 saturated carbocycles. The van der Waals surface area contributed by atoms with Crippen LogP contribution in [0.1, 0.15) is 16.1 Å². The van der Waals surface area contributed by atoms with E-state index in [0.29, 0.717) is 5.69 Å². The number of benzene rings is 1. The van der Waals surface area contributed by atoms with Gasteiger partial charge < -0.3 is 5.32 Å². The zero-order valence-corrected chi connectivity index (χ0v) is 10.9. The normalized spacial score (nSPS) is 10.1. The number of nitrogens with one attached hydrogen (secondary N) is 1. The zero-order chi connectivity index (χ0) is 14.5. The average Bonchev–Trinajstić information content (AvgIpc) is 2.46. The summed E-state index contributed by atoms with van der Waals surface area (Å²) >= 11 is 5.68. The number of hydrogen-bond acceptors (Lipinski definition) is 5. The van der Waals surface area contributed by atoms with Gasteiger partial charge in [0.05, 0.1) is 17.2 Å². The summed E-state index contributed by atoms with van der Waals surface area (Å²) in [4.78, 5) is 29.7. The number of hydrogen-bond donors (Lipinski definition) is 1. The molecule has 2 aromatic rings. The maximum Gasteiger partial charge on any atom is 0.288 e. The number of nitrogens with zero attached hydrogens (tertiary/aromatic N) is 3. The van der Waals surface area contributed by atoms with E-state index in [1.54, 1.807) is 12.3 Å². The molecule has 1 aromatic carbocycles. The fourth-order valence-corrected chi connectivity index (χ4v) is 1.68. The highest BCUT2D eigenvalue weighted by Gasteiger charge is 2.16. The molecule has 7 nitrogen and oxygen atoms in total. The van der Waals surface area contributed by atoms with Crippen LogP contribution in [0.25, 0.3) is 0 Å². The molecule has 0 unspecified atom stereocenters.